The van der Waals surface area contributed by atoms with Crippen molar-refractivity contribution in [3.05, 3.63) is 58.7 Å². The Hall–Kier alpha value is -3.79. The van der Waals surface area contributed by atoms with E-state index in [-0.39, 0.29) is 18.1 Å². The van der Waals surface area contributed by atoms with E-state index in [0.29, 0.717) is 17.1 Å². The van der Waals surface area contributed by atoms with Crippen LogP contribution in [0.3, 0.4) is 0 Å². The van der Waals surface area contributed by atoms with Crippen LogP contribution in [0.25, 0.3) is 6.08 Å². The van der Waals surface area contributed by atoms with E-state index in [0.717, 1.165) is 16.8 Å². The fraction of sp³-hybridized carbons (Fsp3) is 0.190. The lowest BCUT2D eigenvalue weighted by Crippen LogP contribution is -2.20. The number of nitrogens with one attached hydrogen (secondary N) is 1. The van der Waals surface area contributed by atoms with Crippen molar-refractivity contribution in [3.63, 3.8) is 0 Å². The monoisotopic (exact) mass is 379 g/mol. The Labute approximate surface area is 163 Å². The van der Waals surface area contributed by atoms with Crippen molar-refractivity contribution in [2.45, 2.75) is 13.8 Å². The summed E-state index contributed by atoms with van der Waals surface area (Å²) < 4.78 is 10.8. The fourth-order valence-corrected chi connectivity index (χ4v) is 2.42. The third-order valence-corrected chi connectivity index (χ3v) is 3.91. The van der Waals surface area contributed by atoms with E-state index >= 15 is 0 Å². The van der Waals surface area contributed by atoms with Crippen molar-refractivity contribution in [2.75, 3.05) is 19.0 Å². The number of hydrogen-bond acceptors (Lipinski definition) is 5. The molecule has 2 rings (SSSR count). The largest absolute Gasteiger partial charge is 0.493 e. The van der Waals surface area contributed by atoms with E-state index in [4.69, 9.17) is 20.5 Å². The van der Waals surface area contributed by atoms with Crippen LogP contribution in [-0.4, -0.2) is 25.5 Å². The van der Waals surface area contributed by atoms with Gasteiger partial charge in [0, 0.05) is 5.69 Å². The second-order valence-corrected chi connectivity index (χ2v) is 6.10. The standard InChI is InChI=1S/C21H21N3O4/c1-13-4-5-14(2)17(8-13)24-20(25)12-28-18-7-6-15(10-19(18)27-3)9-16(11-22)21(23)26/h4-10H,12H2,1-3H3,(H2,23,26)(H,24,25)/b16-9+. The number of carbonyl (C=O) groups is 2. The van der Waals surface area contributed by atoms with E-state index in [9.17, 15) is 9.59 Å². The van der Waals surface area contributed by atoms with Gasteiger partial charge >= 0.3 is 0 Å². The molecule has 7 heteroatoms. The number of methoxy groups -OCH3 is 1. The van der Waals surface area contributed by atoms with Crippen molar-refractivity contribution >= 4 is 23.6 Å². The molecular formula is C21H21N3O4. The van der Waals surface area contributed by atoms with Crippen molar-refractivity contribution in [2.24, 2.45) is 5.73 Å². The number of nitriles is 1. The number of ether oxygens (including phenoxy) is 2. The summed E-state index contributed by atoms with van der Waals surface area (Å²) in [4.78, 5) is 23.4. The van der Waals surface area contributed by atoms with Crippen molar-refractivity contribution < 1.29 is 19.1 Å². The third-order valence-electron chi connectivity index (χ3n) is 3.91. The summed E-state index contributed by atoms with van der Waals surface area (Å²) in [7, 11) is 1.45. The molecule has 2 aromatic rings. The molecule has 0 aliphatic heterocycles. The minimum absolute atomic E-state index is 0.177. The number of anilines is 1. The highest BCUT2D eigenvalue weighted by Gasteiger charge is 2.11. The molecular weight excluding hydrogens is 358 g/mol. The second-order valence-electron chi connectivity index (χ2n) is 6.10. The van der Waals surface area contributed by atoms with Gasteiger partial charge in [-0.15, -0.1) is 0 Å². The molecule has 0 unspecified atom stereocenters. The van der Waals surface area contributed by atoms with E-state index in [2.05, 4.69) is 5.32 Å². The highest BCUT2D eigenvalue weighted by molar-refractivity contribution is 6.00. The van der Waals surface area contributed by atoms with Crippen molar-refractivity contribution in [1.29, 1.82) is 5.26 Å². The molecule has 0 fully saturated rings. The molecule has 0 aliphatic rings. The van der Waals surface area contributed by atoms with Crippen LogP contribution in [0.5, 0.6) is 11.5 Å². The Morgan fingerprint density at radius 3 is 2.57 bits per heavy atom. The van der Waals surface area contributed by atoms with Gasteiger partial charge in [-0.05, 0) is 54.8 Å². The van der Waals surface area contributed by atoms with E-state index in [1.807, 2.05) is 32.0 Å². The van der Waals surface area contributed by atoms with Crippen LogP contribution < -0.4 is 20.5 Å². The van der Waals surface area contributed by atoms with Gasteiger partial charge < -0.3 is 20.5 Å². The number of nitrogens with zero attached hydrogens (tertiary/aromatic N) is 1. The molecule has 0 spiro atoms. The topological polar surface area (TPSA) is 114 Å². The molecule has 144 valence electrons. The Morgan fingerprint density at radius 2 is 1.93 bits per heavy atom. The summed E-state index contributed by atoms with van der Waals surface area (Å²) in [6.07, 6.45) is 1.35. The van der Waals surface area contributed by atoms with Gasteiger partial charge in [0.1, 0.15) is 11.6 Å². The molecule has 0 radical (unpaired) electrons. The van der Waals surface area contributed by atoms with E-state index in [1.165, 1.54) is 13.2 Å². The van der Waals surface area contributed by atoms with Crippen LogP contribution in [-0.2, 0) is 9.59 Å². The average Bonchev–Trinajstić information content (AvgIpc) is 2.67. The summed E-state index contributed by atoms with van der Waals surface area (Å²) in [6.45, 7) is 3.65. The quantitative estimate of drug-likeness (QED) is 0.567. The molecule has 0 saturated carbocycles. The summed E-state index contributed by atoms with van der Waals surface area (Å²) in [6, 6.07) is 12.3. The van der Waals surface area contributed by atoms with Crippen LogP contribution >= 0.6 is 0 Å². The lowest BCUT2D eigenvalue weighted by molar-refractivity contribution is -0.118. The zero-order valence-electron chi connectivity index (χ0n) is 15.9. The van der Waals surface area contributed by atoms with Crippen molar-refractivity contribution in [3.8, 4) is 17.6 Å². The Morgan fingerprint density at radius 1 is 1.18 bits per heavy atom. The Balaban J connectivity index is 2.09. The normalized spacial score (nSPS) is 10.7. The number of primary amides is 1. The minimum Gasteiger partial charge on any atom is -0.493 e. The lowest BCUT2D eigenvalue weighted by atomic mass is 10.1. The maximum absolute atomic E-state index is 12.2. The lowest BCUT2D eigenvalue weighted by Gasteiger charge is -2.13. The Bertz CT molecular complexity index is 974. The molecule has 2 amide bonds. The van der Waals surface area contributed by atoms with Crippen LogP contribution in [0.4, 0.5) is 5.69 Å². The first-order valence-electron chi connectivity index (χ1n) is 8.43. The maximum Gasteiger partial charge on any atom is 0.262 e. The molecule has 0 aromatic heterocycles. The van der Waals surface area contributed by atoms with Gasteiger partial charge in [0.25, 0.3) is 11.8 Å². The molecule has 28 heavy (non-hydrogen) atoms. The van der Waals surface area contributed by atoms with Gasteiger partial charge in [0.2, 0.25) is 0 Å². The number of amides is 2. The fourth-order valence-electron chi connectivity index (χ4n) is 2.42. The molecule has 3 N–H and O–H groups in total. The van der Waals surface area contributed by atoms with Crippen LogP contribution in [0.15, 0.2) is 42.0 Å². The molecule has 0 atom stereocenters. The number of benzene rings is 2. The first kappa shape index (κ1) is 20.5. The molecule has 7 nitrogen and oxygen atoms in total. The minimum atomic E-state index is -0.815. The molecule has 0 bridgehead atoms. The molecule has 0 saturated heterocycles. The zero-order valence-corrected chi connectivity index (χ0v) is 15.9. The number of hydrogen-bond donors (Lipinski definition) is 2. The van der Waals surface area contributed by atoms with Gasteiger partial charge in [-0.1, -0.05) is 18.2 Å². The van der Waals surface area contributed by atoms with Crippen LogP contribution in [0.2, 0.25) is 0 Å². The number of rotatable bonds is 7. The molecule has 0 aliphatic carbocycles. The number of aryl methyl sites for hydroxylation is 2. The molecule has 2 aromatic carbocycles. The average molecular weight is 379 g/mol. The predicted octanol–water partition coefficient (Wildman–Crippen LogP) is 2.72. The first-order chi connectivity index (χ1) is 13.3. The summed E-state index contributed by atoms with van der Waals surface area (Å²) in [5, 5.41) is 11.7. The maximum atomic E-state index is 12.2. The second kappa shape index (κ2) is 9.24. The first-order valence-corrected chi connectivity index (χ1v) is 8.43. The van der Waals surface area contributed by atoms with Gasteiger partial charge in [0.15, 0.2) is 18.1 Å². The van der Waals surface area contributed by atoms with Gasteiger partial charge in [-0.2, -0.15) is 5.26 Å². The molecule has 0 heterocycles. The predicted molar refractivity (Wildman–Crippen MR) is 106 cm³/mol. The number of carbonyl (C=O) groups excluding carboxylic acids is 2. The summed E-state index contributed by atoms with van der Waals surface area (Å²) in [5.74, 6) is -0.409. The highest BCUT2D eigenvalue weighted by atomic mass is 16.5. The summed E-state index contributed by atoms with van der Waals surface area (Å²) >= 11 is 0. The summed E-state index contributed by atoms with van der Waals surface area (Å²) in [5.41, 5.74) is 8.22. The highest BCUT2D eigenvalue weighted by Crippen LogP contribution is 2.29. The van der Waals surface area contributed by atoms with Crippen LogP contribution in [0, 0.1) is 25.2 Å². The van der Waals surface area contributed by atoms with E-state index in [1.54, 1.807) is 24.3 Å². The van der Waals surface area contributed by atoms with E-state index < -0.39 is 5.91 Å². The smallest absolute Gasteiger partial charge is 0.262 e. The van der Waals surface area contributed by atoms with Gasteiger partial charge in [-0.25, -0.2) is 0 Å². The zero-order chi connectivity index (χ0) is 20.7. The third kappa shape index (κ3) is 5.35. The van der Waals surface area contributed by atoms with Crippen molar-refractivity contribution in [1.82, 2.24) is 0 Å². The Kier molecular flexibility index (Phi) is 6.77. The van der Waals surface area contributed by atoms with Crippen LogP contribution in [0.1, 0.15) is 16.7 Å². The van der Waals surface area contributed by atoms with Gasteiger partial charge in [0.05, 0.1) is 7.11 Å². The SMILES string of the molecule is COc1cc(/C=C(\C#N)C(N)=O)ccc1OCC(=O)Nc1cc(C)ccc1C. The number of nitrogens with two attached hydrogens (primary N) is 1. The van der Waals surface area contributed by atoms with Gasteiger partial charge in [-0.3, -0.25) is 9.59 Å².